The van der Waals surface area contributed by atoms with Gasteiger partial charge >= 0.3 is 23.9 Å². The van der Waals surface area contributed by atoms with E-state index < -0.39 is 63.2 Å². The highest BCUT2D eigenvalue weighted by Gasteiger charge is 2.98. The van der Waals surface area contributed by atoms with Gasteiger partial charge in [-0.15, -0.1) is 0 Å². The van der Waals surface area contributed by atoms with Gasteiger partial charge in [-0.3, -0.25) is 19.4 Å². The Morgan fingerprint density at radius 3 is 2.41 bits per heavy atom. The van der Waals surface area contributed by atoms with E-state index in [1.165, 1.54) is 28.3 Å². The average Bonchev–Trinajstić information content (AvgIpc) is 3.53. The zero-order valence-electron chi connectivity index (χ0n) is 37.4. The van der Waals surface area contributed by atoms with Crippen LogP contribution in [0.3, 0.4) is 0 Å². The van der Waals surface area contributed by atoms with E-state index in [9.17, 15) is 19.5 Å². The van der Waals surface area contributed by atoms with Gasteiger partial charge in [-0.2, -0.15) is 0 Å². The smallest absolute Gasteiger partial charge is 0.347 e. The van der Waals surface area contributed by atoms with Gasteiger partial charge in [-0.1, -0.05) is 26.0 Å². The summed E-state index contributed by atoms with van der Waals surface area (Å²) in [6, 6.07) is 9.16. The van der Waals surface area contributed by atoms with E-state index in [0.29, 0.717) is 87.4 Å². The molecule has 2 spiro atoms. The Labute approximate surface area is 366 Å². The van der Waals surface area contributed by atoms with Crippen LogP contribution in [0.2, 0.25) is 0 Å². The maximum Gasteiger partial charge on any atom is 0.347 e. The van der Waals surface area contributed by atoms with E-state index >= 15 is 4.79 Å². The van der Waals surface area contributed by atoms with Crippen LogP contribution in [0.1, 0.15) is 85.6 Å². The van der Waals surface area contributed by atoms with E-state index in [1.807, 2.05) is 37.1 Å². The number of aromatic nitrogens is 1. The molecule has 4 fully saturated rings. The number of hydrogen-bond acceptors (Lipinski definition) is 14. The molecular formula is C48H58N4O11. The van der Waals surface area contributed by atoms with Crippen molar-refractivity contribution in [2.24, 2.45) is 11.3 Å². The molecule has 7 aliphatic rings. The predicted octanol–water partition coefficient (Wildman–Crippen LogP) is 4.14. The van der Waals surface area contributed by atoms with Crippen LogP contribution in [0.25, 0.3) is 10.9 Å². The molecule has 10 atom stereocenters. The molecule has 3 aromatic rings. The number of methoxy groups -OCH3 is 4. The number of nitrogens with one attached hydrogen (secondary N) is 1. The lowest BCUT2D eigenvalue weighted by Gasteiger charge is -2.58. The Balaban J connectivity index is 1.29. The minimum Gasteiger partial charge on any atom is -0.496 e. The van der Waals surface area contributed by atoms with E-state index in [4.69, 9.17) is 28.4 Å². The van der Waals surface area contributed by atoms with Crippen LogP contribution in [0.4, 0.5) is 5.69 Å². The Morgan fingerprint density at radius 1 is 0.952 bits per heavy atom. The monoisotopic (exact) mass is 866 g/mol. The number of carbonyl (C=O) groups is 4. The van der Waals surface area contributed by atoms with Crippen LogP contribution >= 0.6 is 0 Å². The third-order valence-corrected chi connectivity index (χ3v) is 16.5. The Hall–Kier alpha value is -4.96. The summed E-state index contributed by atoms with van der Waals surface area (Å²) in [5, 5.41) is 12.9. The topological polar surface area (TPSA) is 173 Å². The first-order valence-corrected chi connectivity index (χ1v) is 22.3. The molecule has 6 aliphatic heterocycles. The van der Waals surface area contributed by atoms with Crippen molar-refractivity contribution in [1.29, 1.82) is 0 Å². The first kappa shape index (κ1) is 42.0. The summed E-state index contributed by atoms with van der Waals surface area (Å²) in [5.41, 5.74) is -2.47. The summed E-state index contributed by atoms with van der Waals surface area (Å²) >= 11 is 0. The molecule has 15 heteroatoms. The van der Waals surface area contributed by atoms with Crippen molar-refractivity contribution in [3.8, 4) is 5.75 Å². The molecule has 3 saturated heterocycles. The molecule has 63 heavy (non-hydrogen) atoms. The number of piperidine rings is 1. The first-order chi connectivity index (χ1) is 30.1. The van der Waals surface area contributed by atoms with Gasteiger partial charge in [0.2, 0.25) is 0 Å². The van der Waals surface area contributed by atoms with Gasteiger partial charge < -0.3 is 43.4 Å². The quantitative estimate of drug-likeness (QED) is 0.143. The van der Waals surface area contributed by atoms with Crippen LogP contribution < -0.4 is 9.64 Å². The third kappa shape index (κ3) is 5.05. The fourth-order valence-corrected chi connectivity index (χ4v) is 14.2. The van der Waals surface area contributed by atoms with Gasteiger partial charge in [0.1, 0.15) is 11.2 Å². The largest absolute Gasteiger partial charge is 0.496 e. The predicted molar refractivity (Wildman–Crippen MR) is 230 cm³/mol. The standard InChI is InChI=1S/C48H58N4O11/c1-9-43(57)23-28-24-45(41(55)60-7,37-30(14-18-51(25-28)26-43)31-20-29(38(54)59-6)12-13-34(31)49-37)33-21-32-35(22-36(33)58-5)50(4)48-46(32)16-19-52-17-11-15-44(10-2,39(46)52)40(62-27(3)53)47(48,63-48)42(56)61-8/h11-13,15,20-22,28,39-40,49,57H,9-10,14,16-19,23-26H2,1-8H3/t28-,39+,40-,43+,44-,45+,46-,47+,48+/m1/s1. The summed E-state index contributed by atoms with van der Waals surface area (Å²) in [6.45, 7) is 8.50. The van der Waals surface area contributed by atoms with Crippen LogP contribution in [0, 0.1) is 11.3 Å². The number of H-pyrrole nitrogens is 1. The zero-order valence-corrected chi connectivity index (χ0v) is 37.4. The molecule has 0 radical (unpaired) electrons. The van der Waals surface area contributed by atoms with Gasteiger partial charge in [0.25, 0.3) is 5.60 Å². The van der Waals surface area contributed by atoms with Crippen molar-refractivity contribution < 1.29 is 52.7 Å². The number of fused-ring (bicyclic) bond motifs is 6. The normalized spacial score (nSPS) is 36.9. The molecule has 2 N–H and O–H groups in total. The molecule has 1 aliphatic carbocycles. The molecule has 7 heterocycles. The lowest BCUT2D eigenvalue weighted by Crippen LogP contribution is -2.75. The van der Waals surface area contributed by atoms with Crippen molar-refractivity contribution in [2.45, 2.75) is 99.2 Å². The second-order valence-electron chi connectivity index (χ2n) is 19.0. The van der Waals surface area contributed by atoms with Gasteiger partial charge in [0.05, 0.1) is 45.0 Å². The summed E-state index contributed by atoms with van der Waals surface area (Å²) in [4.78, 5) is 66.7. The summed E-state index contributed by atoms with van der Waals surface area (Å²) < 4.78 is 36.6. The lowest BCUT2D eigenvalue weighted by molar-refractivity contribution is -0.178. The van der Waals surface area contributed by atoms with Crippen molar-refractivity contribution >= 4 is 40.5 Å². The number of anilines is 1. The molecule has 1 unspecified atom stereocenters. The lowest BCUT2D eigenvalue weighted by atomic mass is 9.49. The number of ether oxygens (including phenoxy) is 6. The molecule has 1 aromatic heterocycles. The molecule has 2 aromatic carbocycles. The molecular weight excluding hydrogens is 809 g/mol. The van der Waals surface area contributed by atoms with Crippen molar-refractivity contribution in [3.05, 3.63) is 70.4 Å². The fraction of sp³-hybridized carbons (Fsp3) is 0.583. The number of likely N-dealkylation sites (N-methyl/N-ethyl adjacent to an activating group) is 1. The van der Waals surface area contributed by atoms with Gasteiger partial charge in [-0.05, 0) is 86.4 Å². The second-order valence-corrected chi connectivity index (χ2v) is 19.0. The molecule has 10 rings (SSSR count). The number of carbonyl (C=O) groups excluding carboxylic acids is 4. The number of aliphatic hydroxyl groups is 1. The highest BCUT2D eigenvalue weighted by Crippen LogP contribution is 2.80. The maximum absolute atomic E-state index is 15.5. The Kier molecular flexibility index (Phi) is 9.35. The second kappa shape index (κ2) is 14.0. The third-order valence-electron chi connectivity index (χ3n) is 16.5. The number of benzene rings is 2. The van der Waals surface area contributed by atoms with Gasteiger partial charge in [0.15, 0.2) is 11.8 Å². The number of hydrogen-bond donors (Lipinski definition) is 2. The van der Waals surface area contributed by atoms with Crippen LogP contribution in [0.15, 0.2) is 42.5 Å². The minimum absolute atomic E-state index is 0.160. The van der Waals surface area contributed by atoms with Crippen molar-refractivity contribution in [1.82, 2.24) is 14.8 Å². The number of epoxide rings is 1. The minimum atomic E-state index is -1.70. The highest BCUT2D eigenvalue weighted by atomic mass is 16.7. The number of nitrogens with zero attached hydrogens (tertiary/aromatic N) is 3. The van der Waals surface area contributed by atoms with E-state index in [1.54, 1.807) is 13.2 Å². The molecule has 1 saturated carbocycles. The van der Waals surface area contributed by atoms with E-state index in [-0.39, 0.29) is 18.4 Å². The Morgan fingerprint density at radius 2 is 1.73 bits per heavy atom. The number of rotatable bonds is 8. The highest BCUT2D eigenvalue weighted by molar-refractivity contribution is 5.99. The molecule has 0 amide bonds. The average molecular weight is 867 g/mol. The Bertz CT molecular complexity index is 2500. The van der Waals surface area contributed by atoms with Gasteiger partial charge in [0, 0.05) is 85.5 Å². The molecule has 336 valence electrons. The zero-order chi connectivity index (χ0) is 44.6. The van der Waals surface area contributed by atoms with Crippen molar-refractivity contribution in [2.75, 3.05) is 73.1 Å². The van der Waals surface area contributed by atoms with Crippen LogP contribution in [-0.4, -0.2) is 141 Å². The number of aromatic amines is 1. The van der Waals surface area contributed by atoms with Crippen LogP contribution in [0.5, 0.6) is 5.75 Å². The summed E-state index contributed by atoms with van der Waals surface area (Å²) in [6.07, 6.45) is 6.12. The summed E-state index contributed by atoms with van der Waals surface area (Å²) in [7, 11) is 7.60. The fourth-order valence-electron chi connectivity index (χ4n) is 14.2. The van der Waals surface area contributed by atoms with Gasteiger partial charge in [-0.25, -0.2) is 9.59 Å². The summed E-state index contributed by atoms with van der Waals surface area (Å²) in [5.74, 6) is -1.85. The van der Waals surface area contributed by atoms with E-state index in [0.717, 1.165) is 27.7 Å². The first-order valence-electron chi connectivity index (χ1n) is 22.3. The van der Waals surface area contributed by atoms with Crippen LogP contribution in [-0.2, 0) is 55.3 Å². The van der Waals surface area contributed by atoms with Crippen molar-refractivity contribution in [3.63, 3.8) is 0 Å². The maximum atomic E-state index is 15.5. The molecule has 2 bridgehead atoms. The molecule has 15 nitrogen and oxygen atoms in total. The van der Waals surface area contributed by atoms with E-state index in [2.05, 4.69) is 39.9 Å². The number of esters is 4. The SMILES string of the molecule is CC[C@]1(O)C[C@H]2CN(CCc3c([nH]c4ccc(C(=O)OC)cc34)[C@@](C(=O)OC)(c3cc4c(cc3OC)N(C)[C@@]35O[C@]3(C(=O)OC)[C@H](OC(C)=O)[C@]3(CC)C=CCN6CC[C@]45[C@@H]63)C2)C1.